The zero-order chi connectivity index (χ0) is 18.5. The molecule has 132 valence electrons. The summed E-state index contributed by atoms with van der Waals surface area (Å²) < 4.78 is 27.3. The van der Waals surface area contributed by atoms with Crippen molar-refractivity contribution in [1.29, 1.82) is 0 Å². The molecule has 0 bridgehead atoms. The van der Waals surface area contributed by atoms with Gasteiger partial charge in [-0.15, -0.1) is 0 Å². The minimum Gasteiger partial charge on any atom is -0.477 e. The molecule has 0 amide bonds. The highest BCUT2D eigenvalue weighted by Crippen LogP contribution is 2.20. The molecule has 0 aromatic heterocycles. The lowest BCUT2D eigenvalue weighted by atomic mass is 10.0. The third-order valence-electron chi connectivity index (χ3n) is 3.14. The highest BCUT2D eigenvalue weighted by Gasteiger charge is 2.29. The Labute approximate surface area is 148 Å². The predicted octanol–water partition coefficient (Wildman–Crippen LogP) is 0.0259. The van der Waals surface area contributed by atoms with Gasteiger partial charge in [-0.1, -0.05) is 0 Å². The Morgan fingerprint density at radius 1 is 1.17 bits per heavy atom. The lowest BCUT2D eigenvalue weighted by Crippen LogP contribution is -2.52. The Morgan fingerprint density at radius 3 is 2.17 bits per heavy atom. The number of aliphatic hydroxyl groups excluding tert-OH is 3. The van der Waals surface area contributed by atoms with Gasteiger partial charge in [-0.2, -0.15) is 0 Å². The average molecular weight is 457 g/mol. The largest absolute Gasteiger partial charge is 0.477 e. The molecular formula is C14H14F2INO6. The summed E-state index contributed by atoms with van der Waals surface area (Å²) in [6, 6.07) is 1.82. The summed E-state index contributed by atoms with van der Waals surface area (Å²) in [6.07, 6.45) is 0.616. The van der Waals surface area contributed by atoms with Gasteiger partial charge >= 0.3 is 5.97 Å². The number of aliphatic carboxylic acids is 1. The molecule has 0 aliphatic heterocycles. The van der Waals surface area contributed by atoms with Crippen molar-refractivity contribution >= 4 is 34.3 Å². The normalized spacial score (nSPS) is 12.2. The molecule has 0 atom stereocenters. The van der Waals surface area contributed by atoms with Crippen molar-refractivity contribution in [2.24, 2.45) is 0 Å². The van der Waals surface area contributed by atoms with Gasteiger partial charge in [0.15, 0.2) is 11.6 Å². The van der Waals surface area contributed by atoms with Crippen molar-refractivity contribution in [1.82, 2.24) is 5.32 Å². The van der Waals surface area contributed by atoms with Gasteiger partial charge in [0.2, 0.25) is 5.78 Å². The van der Waals surface area contributed by atoms with Crippen LogP contribution in [0, 0.1) is 15.2 Å². The van der Waals surface area contributed by atoms with Crippen molar-refractivity contribution in [3.05, 3.63) is 44.7 Å². The maximum Gasteiger partial charge on any atom is 0.341 e. The van der Waals surface area contributed by atoms with E-state index in [9.17, 15) is 18.4 Å². The lowest BCUT2D eigenvalue weighted by molar-refractivity contribution is -0.132. The number of benzene rings is 1. The van der Waals surface area contributed by atoms with Gasteiger partial charge in [-0.3, -0.25) is 4.79 Å². The zero-order valence-corrected chi connectivity index (χ0v) is 14.3. The van der Waals surface area contributed by atoms with Crippen molar-refractivity contribution in [3.63, 3.8) is 0 Å². The number of halogens is 3. The fraction of sp³-hybridized carbons (Fsp3) is 0.286. The Hall–Kier alpha value is -1.63. The van der Waals surface area contributed by atoms with Crippen LogP contribution in [0.25, 0.3) is 0 Å². The van der Waals surface area contributed by atoms with E-state index in [0.29, 0.717) is 6.20 Å². The number of carbonyl (C=O) groups excluding carboxylic acids is 1. The molecule has 1 rings (SSSR count). The Kier molecular flexibility index (Phi) is 7.20. The highest BCUT2D eigenvalue weighted by molar-refractivity contribution is 14.1. The van der Waals surface area contributed by atoms with E-state index < -0.39 is 59.9 Å². The third kappa shape index (κ3) is 4.47. The fourth-order valence-electron chi connectivity index (χ4n) is 1.60. The molecule has 5 N–H and O–H groups in total. The van der Waals surface area contributed by atoms with Crippen LogP contribution in [0.2, 0.25) is 0 Å². The number of carboxylic acids is 1. The summed E-state index contributed by atoms with van der Waals surface area (Å²) in [5, 5.41) is 38.8. The summed E-state index contributed by atoms with van der Waals surface area (Å²) in [7, 11) is 0. The molecule has 0 aliphatic rings. The van der Waals surface area contributed by atoms with Gasteiger partial charge in [-0.25, -0.2) is 13.6 Å². The first-order valence-corrected chi connectivity index (χ1v) is 7.52. The van der Waals surface area contributed by atoms with Crippen molar-refractivity contribution < 1.29 is 38.8 Å². The van der Waals surface area contributed by atoms with Crippen LogP contribution < -0.4 is 5.32 Å². The van der Waals surface area contributed by atoms with Crippen LogP contribution in [0.4, 0.5) is 8.78 Å². The fourth-order valence-corrected chi connectivity index (χ4v) is 2.19. The van der Waals surface area contributed by atoms with Crippen LogP contribution >= 0.6 is 22.6 Å². The molecule has 0 saturated heterocycles. The average Bonchev–Trinajstić information content (AvgIpc) is 2.54. The third-order valence-corrected chi connectivity index (χ3v) is 3.77. The maximum atomic E-state index is 13.8. The maximum absolute atomic E-state index is 13.8. The number of hydrogen-bond donors (Lipinski definition) is 5. The van der Waals surface area contributed by atoms with Crippen molar-refractivity contribution in [2.45, 2.75) is 5.54 Å². The number of nitrogens with one attached hydrogen (secondary N) is 1. The Bertz CT molecular complexity index is 667. The zero-order valence-electron chi connectivity index (χ0n) is 12.1. The standard InChI is InChI=1S/C14H14F2INO6/c15-10-2-7(17)1-8(11(10)16)12(22)9(13(23)24)3-18-14(4-19,5-20)6-21/h1-3,18-21H,4-6H2,(H,23,24)/b9-3-. The SMILES string of the molecule is O=C(O)/C(=C\NC(CO)(CO)CO)C(=O)c1cc(I)cc(F)c1F. The van der Waals surface area contributed by atoms with Crippen molar-refractivity contribution in [3.8, 4) is 0 Å². The second kappa shape index (κ2) is 8.46. The first-order valence-electron chi connectivity index (χ1n) is 6.44. The number of hydrogen-bond acceptors (Lipinski definition) is 6. The van der Waals surface area contributed by atoms with E-state index in [0.717, 1.165) is 12.1 Å². The number of aliphatic hydroxyl groups is 3. The smallest absolute Gasteiger partial charge is 0.341 e. The second-order valence-electron chi connectivity index (χ2n) is 4.84. The molecule has 1 aromatic carbocycles. The van der Waals surface area contributed by atoms with E-state index in [2.05, 4.69) is 5.32 Å². The molecule has 0 saturated carbocycles. The Morgan fingerprint density at radius 2 is 1.71 bits per heavy atom. The number of carboxylic acid groups (broad SMARTS) is 1. The number of carbonyl (C=O) groups is 2. The van der Waals surface area contributed by atoms with E-state index >= 15 is 0 Å². The summed E-state index contributed by atoms with van der Waals surface area (Å²) in [5.74, 6) is -5.86. The summed E-state index contributed by atoms with van der Waals surface area (Å²) in [6.45, 7) is -2.32. The predicted molar refractivity (Wildman–Crippen MR) is 86.2 cm³/mol. The minimum absolute atomic E-state index is 0.183. The molecule has 24 heavy (non-hydrogen) atoms. The lowest BCUT2D eigenvalue weighted by Gasteiger charge is -2.28. The van der Waals surface area contributed by atoms with E-state index in [1.165, 1.54) is 0 Å². The van der Waals surface area contributed by atoms with Gasteiger partial charge in [0, 0.05) is 9.77 Å². The van der Waals surface area contributed by atoms with Gasteiger partial charge in [-0.05, 0) is 34.7 Å². The molecule has 1 aromatic rings. The van der Waals surface area contributed by atoms with Gasteiger partial charge in [0.1, 0.15) is 11.1 Å². The molecule has 10 heteroatoms. The molecule has 0 heterocycles. The summed E-state index contributed by atoms with van der Waals surface area (Å²) in [5.41, 5.74) is -3.43. The van der Waals surface area contributed by atoms with Crippen LogP contribution in [0.1, 0.15) is 10.4 Å². The minimum atomic E-state index is -1.74. The molecular weight excluding hydrogens is 443 g/mol. The monoisotopic (exact) mass is 457 g/mol. The molecule has 7 nitrogen and oxygen atoms in total. The van der Waals surface area contributed by atoms with Gasteiger partial charge in [0.25, 0.3) is 0 Å². The number of Topliss-reactive ketones (excluding diaryl/α,β-unsaturated/α-hetero) is 1. The summed E-state index contributed by atoms with van der Waals surface area (Å²) >= 11 is 1.63. The second-order valence-corrected chi connectivity index (χ2v) is 6.09. The van der Waals surface area contributed by atoms with Gasteiger partial charge < -0.3 is 25.7 Å². The van der Waals surface area contributed by atoms with E-state index in [1.807, 2.05) is 0 Å². The molecule has 0 unspecified atom stereocenters. The van der Waals surface area contributed by atoms with E-state index in [1.54, 1.807) is 22.6 Å². The van der Waals surface area contributed by atoms with Crippen LogP contribution in [-0.4, -0.2) is 57.5 Å². The molecule has 0 radical (unpaired) electrons. The van der Waals surface area contributed by atoms with Crippen LogP contribution in [0.3, 0.4) is 0 Å². The highest BCUT2D eigenvalue weighted by atomic mass is 127. The molecule has 0 aliphatic carbocycles. The van der Waals surface area contributed by atoms with E-state index in [-0.39, 0.29) is 3.57 Å². The van der Waals surface area contributed by atoms with Crippen LogP contribution in [0.5, 0.6) is 0 Å². The first kappa shape index (κ1) is 20.4. The quantitative estimate of drug-likeness (QED) is 0.0931. The van der Waals surface area contributed by atoms with Crippen molar-refractivity contribution in [2.75, 3.05) is 19.8 Å². The summed E-state index contributed by atoms with van der Waals surface area (Å²) in [4.78, 5) is 23.4. The van der Waals surface area contributed by atoms with Crippen LogP contribution in [0.15, 0.2) is 23.9 Å². The van der Waals surface area contributed by atoms with Gasteiger partial charge in [0.05, 0.1) is 25.4 Å². The van der Waals surface area contributed by atoms with E-state index in [4.69, 9.17) is 20.4 Å². The Balaban J connectivity index is 3.29. The first-order chi connectivity index (χ1) is 11.2. The topological polar surface area (TPSA) is 127 Å². The molecule has 0 fully saturated rings. The number of ketones is 1. The molecule has 0 spiro atoms. The van der Waals surface area contributed by atoms with Crippen LogP contribution in [-0.2, 0) is 4.79 Å². The number of rotatable bonds is 8.